The van der Waals surface area contributed by atoms with Gasteiger partial charge in [0.1, 0.15) is 12.1 Å². The minimum absolute atomic E-state index is 0.147. The number of nitrogens with one attached hydrogen (secondary N) is 3. The third kappa shape index (κ3) is 5.55. The first-order chi connectivity index (χ1) is 9.29. The van der Waals surface area contributed by atoms with Crippen LogP contribution in [0.2, 0.25) is 0 Å². The number of rotatable bonds is 7. The number of aliphatic carboxylic acids is 2. The smallest absolute Gasteiger partial charge is 0.326 e. The second-order valence-corrected chi connectivity index (χ2v) is 4.61. The lowest BCUT2D eigenvalue weighted by Crippen LogP contribution is -2.52. The van der Waals surface area contributed by atoms with Gasteiger partial charge in [-0.15, -0.1) is 0 Å². The van der Waals surface area contributed by atoms with E-state index in [1.165, 1.54) is 6.92 Å². The van der Waals surface area contributed by atoms with Crippen LogP contribution in [0.1, 0.15) is 26.2 Å². The summed E-state index contributed by atoms with van der Waals surface area (Å²) in [6.07, 6.45) is 1.07. The molecule has 0 spiro atoms. The number of carbonyl (C=O) groups excluding carboxylic acids is 2. The maximum absolute atomic E-state index is 11.6. The molecule has 1 rings (SSSR count). The van der Waals surface area contributed by atoms with Crippen molar-refractivity contribution in [1.82, 2.24) is 16.0 Å². The van der Waals surface area contributed by atoms with Crippen LogP contribution >= 0.6 is 0 Å². The molecule has 3 amide bonds. The Hall–Kier alpha value is -2.32. The SMILES string of the molecule is CC(NC(=O)N[C@H](CC(=O)O)C(=O)O)C(=O)NC1CC1. The van der Waals surface area contributed by atoms with Gasteiger partial charge in [-0.3, -0.25) is 9.59 Å². The van der Waals surface area contributed by atoms with E-state index >= 15 is 0 Å². The van der Waals surface area contributed by atoms with Gasteiger partial charge in [0.25, 0.3) is 0 Å². The molecular formula is C11H17N3O6. The fourth-order valence-electron chi connectivity index (χ4n) is 1.39. The monoisotopic (exact) mass is 287 g/mol. The van der Waals surface area contributed by atoms with Gasteiger partial charge >= 0.3 is 18.0 Å². The van der Waals surface area contributed by atoms with Crippen molar-refractivity contribution >= 4 is 23.9 Å². The van der Waals surface area contributed by atoms with Crippen molar-refractivity contribution in [3.63, 3.8) is 0 Å². The molecule has 1 unspecified atom stereocenters. The van der Waals surface area contributed by atoms with Crippen LogP contribution in [0.5, 0.6) is 0 Å². The van der Waals surface area contributed by atoms with Crippen LogP contribution < -0.4 is 16.0 Å². The van der Waals surface area contributed by atoms with Gasteiger partial charge in [0.2, 0.25) is 5.91 Å². The zero-order chi connectivity index (χ0) is 15.3. The maximum Gasteiger partial charge on any atom is 0.326 e. The first-order valence-corrected chi connectivity index (χ1v) is 6.11. The van der Waals surface area contributed by atoms with Crippen molar-refractivity contribution in [2.24, 2.45) is 0 Å². The molecule has 9 nitrogen and oxygen atoms in total. The van der Waals surface area contributed by atoms with E-state index in [0.717, 1.165) is 12.8 Å². The van der Waals surface area contributed by atoms with Gasteiger partial charge in [0.05, 0.1) is 6.42 Å². The van der Waals surface area contributed by atoms with Crippen molar-refractivity contribution in [2.45, 2.75) is 44.3 Å². The summed E-state index contributed by atoms with van der Waals surface area (Å²) in [5.74, 6) is -3.18. The number of carboxylic acid groups (broad SMARTS) is 2. The summed E-state index contributed by atoms with van der Waals surface area (Å²) in [7, 11) is 0. The molecule has 20 heavy (non-hydrogen) atoms. The number of urea groups is 1. The molecule has 0 bridgehead atoms. The van der Waals surface area contributed by atoms with Crippen LogP contribution in [0.3, 0.4) is 0 Å². The molecular weight excluding hydrogens is 270 g/mol. The molecule has 9 heteroatoms. The molecule has 1 aliphatic carbocycles. The zero-order valence-corrected chi connectivity index (χ0v) is 10.9. The molecule has 0 aromatic rings. The van der Waals surface area contributed by atoms with Crippen LogP contribution in [-0.2, 0) is 14.4 Å². The Morgan fingerprint density at radius 3 is 2.20 bits per heavy atom. The van der Waals surface area contributed by atoms with E-state index in [4.69, 9.17) is 10.2 Å². The largest absolute Gasteiger partial charge is 0.481 e. The van der Waals surface area contributed by atoms with Crippen molar-refractivity contribution in [3.8, 4) is 0 Å². The Morgan fingerprint density at radius 1 is 1.15 bits per heavy atom. The van der Waals surface area contributed by atoms with Crippen LogP contribution in [-0.4, -0.2) is 52.2 Å². The van der Waals surface area contributed by atoms with E-state index in [9.17, 15) is 19.2 Å². The molecule has 0 aromatic carbocycles. The van der Waals surface area contributed by atoms with E-state index in [0.29, 0.717) is 0 Å². The predicted molar refractivity (Wildman–Crippen MR) is 66.0 cm³/mol. The van der Waals surface area contributed by atoms with Gasteiger partial charge in [-0.2, -0.15) is 0 Å². The number of hydrogen-bond donors (Lipinski definition) is 5. The highest BCUT2D eigenvalue weighted by molar-refractivity contribution is 5.89. The molecule has 2 atom stereocenters. The summed E-state index contributed by atoms with van der Waals surface area (Å²) in [4.78, 5) is 44.3. The van der Waals surface area contributed by atoms with Crippen LogP contribution in [0.15, 0.2) is 0 Å². The van der Waals surface area contributed by atoms with Gasteiger partial charge in [-0.25, -0.2) is 9.59 Å². The Morgan fingerprint density at radius 2 is 1.75 bits per heavy atom. The van der Waals surface area contributed by atoms with Crippen molar-refractivity contribution < 1.29 is 29.4 Å². The summed E-state index contributed by atoms with van der Waals surface area (Å²) < 4.78 is 0. The maximum atomic E-state index is 11.6. The Bertz CT molecular complexity index is 420. The van der Waals surface area contributed by atoms with Crippen LogP contribution in [0.4, 0.5) is 4.79 Å². The summed E-state index contributed by atoms with van der Waals surface area (Å²) in [6, 6.07) is -3.15. The molecule has 0 radical (unpaired) electrons. The lowest BCUT2D eigenvalue weighted by molar-refractivity contribution is -0.145. The van der Waals surface area contributed by atoms with E-state index in [1.54, 1.807) is 0 Å². The summed E-state index contributed by atoms with van der Waals surface area (Å²) >= 11 is 0. The van der Waals surface area contributed by atoms with Gasteiger partial charge in [-0.05, 0) is 19.8 Å². The first kappa shape index (κ1) is 15.7. The molecule has 1 fully saturated rings. The van der Waals surface area contributed by atoms with Crippen molar-refractivity contribution in [3.05, 3.63) is 0 Å². The average Bonchev–Trinajstić information content (AvgIpc) is 3.10. The Labute approximate surface area is 114 Å². The van der Waals surface area contributed by atoms with Crippen LogP contribution in [0.25, 0.3) is 0 Å². The minimum Gasteiger partial charge on any atom is -0.481 e. The van der Waals surface area contributed by atoms with Gasteiger partial charge < -0.3 is 26.2 Å². The van der Waals surface area contributed by atoms with Gasteiger partial charge in [0.15, 0.2) is 0 Å². The quantitative estimate of drug-likeness (QED) is 0.401. The fraction of sp³-hybridized carbons (Fsp3) is 0.636. The lowest BCUT2D eigenvalue weighted by atomic mass is 10.2. The standard InChI is InChI=1S/C11H17N3O6/c1-5(9(17)13-6-2-3-6)12-11(20)14-7(10(18)19)4-8(15)16/h5-7H,2-4H2,1H3,(H,13,17)(H,15,16)(H,18,19)(H2,12,14,20)/t5?,7-/m1/s1. The molecule has 5 N–H and O–H groups in total. The van der Waals surface area contributed by atoms with E-state index in [1.807, 2.05) is 5.32 Å². The molecule has 0 heterocycles. The predicted octanol–water partition coefficient (Wildman–Crippen LogP) is -1.12. The molecule has 1 saturated carbocycles. The second-order valence-electron chi connectivity index (χ2n) is 4.61. The Balaban J connectivity index is 2.41. The lowest BCUT2D eigenvalue weighted by Gasteiger charge is -2.17. The second kappa shape index (κ2) is 6.73. The van der Waals surface area contributed by atoms with Gasteiger partial charge in [-0.1, -0.05) is 0 Å². The molecule has 0 aliphatic heterocycles. The number of carboxylic acids is 2. The highest BCUT2D eigenvalue weighted by Crippen LogP contribution is 2.18. The summed E-state index contributed by atoms with van der Waals surface area (Å²) in [5.41, 5.74) is 0. The van der Waals surface area contributed by atoms with E-state index in [-0.39, 0.29) is 11.9 Å². The summed E-state index contributed by atoms with van der Waals surface area (Å²) in [5, 5.41) is 24.2. The summed E-state index contributed by atoms with van der Waals surface area (Å²) in [6.45, 7) is 1.45. The van der Waals surface area contributed by atoms with E-state index < -0.39 is 36.5 Å². The fourth-order valence-corrected chi connectivity index (χ4v) is 1.39. The number of hydrogen-bond acceptors (Lipinski definition) is 4. The van der Waals surface area contributed by atoms with Crippen LogP contribution in [0, 0.1) is 0 Å². The number of carbonyl (C=O) groups is 4. The Kier molecular flexibility index (Phi) is 5.30. The van der Waals surface area contributed by atoms with Gasteiger partial charge in [0, 0.05) is 6.04 Å². The molecule has 0 aromatic heterocycles. The molecule has 1 aliphatic rings. The van der Waals surface area contributed by atoms with Crippen molar-refractivity contribution in [1.29, 1.82) is 0 Å². The molecule has 0 saturated heterocycles. The highest BCUT2D eigenvalue weighted by atomic mass is 16.4. The zero-order valence-electron chi connectivity index (χ0n) is 10.9. The molecule has 112 valence electrons. The first-order valence-electron chi connectivity index (χ1n) is 6.11. The highest BCUT2D eigenvalue weighted by Gasteiger charge is 2.27. The number of amides is 3. The minimum atomic E-state index is -1.55. The van der Waals surface area contributed by atoms with Crippen molar-refractivity contribution in [2.75, 3.05) is 0 Å². The third-order valence-electron chi connectivity index (χ3n) is 2.65. The topological polar surface area (TPSA) is 145 Å². The normalized spacial score (nSPS) is 16.6. The van der Waals surface area contributed by atoms with E-state index in [2.05, 4.69) is 10.6 Å². The third-order valence-corrected chi connectivity index (χ3v) is 2.65. The average molecular weight is 287 g/mol.